The van der Waals surface area contributed by atoms with Crippen molar-refractivity contribution in [3.05, 3.63) is 72.1 Å². The summed E-state index contributed by atoms with van der Waals surface area (Å²) >= 11 is 0. The van der Waals surface area contributed by atoms with Gasteiger partial charge in [-0.1, -0.05) is 35.5 Å². The summed E-state index contributed by atoms with van der Waals surface area (Å²) in [6.07, 6.45) is 2.55. The number of nitrogens with zero attached hydrogens (tertiary/aromatic N) is 3. The smallest absolute Gasteiger partial charge is 0.275 e. The van der Waals surface area contributed by atoms with Crippen LogP contribution in [0.2, 0.25) is 0 Å². The lowest BCUT2D eigenvalue weighted by Crippen LogP contribution is -2.29. The Hall–Kier alpha value is -3.41. The number of fused-ring (bicyclic) bond motifs is 1. The van der Waals surface area contributed by atoms with Crippen molar-refractivity contribution in [1.29, 1.82) is 0 Å². The Morgan fingerprint density at radius 2 is 2.00 bits per heavy atom. The number of benzene rings is 2. The maximum absolute atomic E-state index is 12.6. The molecule has 2 aromatic carbocycles. The van der Waals surface area contributed by atoms with E-state index in [4.69, 9.17) is 4.52 Å². The van der Waals surface area contributed by atoms with Gasteiger partial charge >= 0.3 is 0 Å². The number of nitrogens with one attached hydrogen (secondary N) is 1. The Kier molecular flexibility index (Phi) is 4.23. The highest BCUT2D eigenvalue weighted by atomic mass is 16.5. The van der Waals surface area contributed by atoms with Crippen molar-refractivity contribution in [2.24, 2.45) is 0 Å². The minimum absolute atomic E-state index is 0.152. The van der Waals surface area contributed by atoms with Crippen molar-refractivity contribution in [3.8, 4) is 11.3 Å². The van der Waals surface area contributed by atoms with Crippen LogP contribution in [0.15, 0.2) is 65.3 Å². The zero-order chi connectivity index (χ0) is 17.9. The number of rotatable bonds is 5. The molecule has 2 heterocycles. The van der Waals surface area contributed by atoms with E-state index >= 15 is 0 Å². The summed E-state index contributed by atoms with van der Waals surface area (Å²) in [6, 6.07) is 17.6. The molecule has 4 aromatic rings. The van der Waals surface area contributed by atoms with Gasteiger partial charge < -0.3 is 9.42 Å². The van der Waals surface area contributed by atoms with Crippen molar-refractivity contribution in [3.63, 3.8) is 0 Å². The second kappa shape index (κ2) is 6.84. The van der Waals surface area contributed by atoms with Crippen LogP contribution in [0.1, 0.15) is 16.1 Å². The van der Waals surface area contributed by atoms with Gasteiger partial charge in [-0.3, -0.25) is 9.89 Å². The highest BCUT2D eigenvalue weighted by molar-refractivity contribution is 5.93. The number of H-pyrrole nitrogens is 1. The van der Waals surface area contributed by atoms with E-state index in [1.165, 1.54) is 5.56 Å². The first kappa shape index (κ1) is 16.1. The number of carbonyl (C=O) groups is 1. The Morgan fingerprint density at radius 1 is 1.15 bits per heavy atom. The van der Waals surface area contributed by atoms with Gasteiger partial charge in [0.2, 0.25) is 0 Å². The number of hydrogen-bond donors (Lipinski definition) is 1. The van der Waals surface area contributed by atoms with E-state index in [0.717, 1.165) is 22.9 Å². The Balaban J connectivity index is 1.47. The fraction of sp³-hybridized carbons (Fsp3) is 0.150. The highest BCUT2D eigenvalue weighted by Gasteiger charge is 2.17. The van der Waals surface area contributed by atoms with E-state index in [-0.39, 0.29) is 5.91 Å². The topological polar surface area (TPSA) is 75.0 Å². The van der Waals surface area contributed by atoms with E-state index in [1.54, 1.807) is 24.2 Å². The SMILES string of the molecule is CN(CCc1ccccc1)C(=O)c1cc(-c2ccc3[nH]ncc3c2)on1. The van der Waals surface area contributed by atoms with Crippen LogP contribution in [0.5, 0.6) is 0 Å². The summed E-state index contributed by atoms with van der Waals surface area (Å²) in [5.41, 5.74) is 3.31. The summed E-state index contributed by atoms with van der Waals surface area (Å²) in [7, 11) is 1.77. The lowest BCUT2D eigenvalue weighted by Gasteiger charge is -2.15. The number of hydrogen-bond acceptors (Lipinski definition) is 4. The van der Waals surface area contributed by atoms with Crippen LogP contribution in [0, 0.1) is 0 Å². The predicted octanol–water partition coefficient (Wildman–Crippen LogP) is 3.53. The molecule has 6 heteroatoms. The summed E-state index contributed by atoms with van der Waals surface area (Å²) < 4.78 is 5.38. The molecule has 0 aliphatic rings. The van der Waals surface area contributed by atoms with Crippen LogP contribution < -0.4 is 0 Å². The molecule has 2 aromatic heterocycles. The molecule has 0 radical (unpaired) electrons. The first-order valence-electron chi connectivity index (χ1n) is 8.40. The molecule has 0 fully saturated rings. The fourth-order valence-corrected chi connectivity index (χ4v) is 2.85. The zero-order valence-corrected chi connectivity index (χ0v) is 14.3. The van der Waals surface area contributed by atoms with Crippen molar-refractivity contribution in [1.82, 2.24) is 20.3 Å². The molecule has 0 bridgehead atoms. The van der Waals surface area contributed by atoms with Gasteiger partial charge in [0.05, 0.1) is 11.7 Å². The molecule has 1 amide bonds. The van der Waals surface area contributed by atoms with Crippen LogP contribution in [0.3, 0.4) is 0 Å². The lowest BCUT2D eigenvalue weighted by molar-refractivity contribution is 0.0786. The third-order valence-electron chi connectivity index (χ3n) is 4.38. The van der Waals surface area contributed by atoms with Crippen LogP contribution in [-0.4, -0.2) is 39.8 Å². The van der Waals surface area contributed by atoms with Gasteiger partial charge in [-0.05, 0) is 30.2 Å². The molecular weight excluding hydrogens is 328 g/mol. The average Bonchev–Trinajstić information content (AvgIpc) is 3.35. The molecule has 0 aliphatic carbocycles. The maximum Gasteiger partial charge on any atom is 0.275 e. The number of likely N-dealkylation sites (N-methyl/N-ethyl adjacent to an activating group) is 1. The van der Waals surface area contributed by atoms with Gasteiger partial charge in [-0.25, -0.2) is 0 Å². The first-order chi connectivity index (χ1) is 12.7. The zero-order valence-electron chi connectivity index (χ0n) is 14.3. The molecule has 0 spiro atoms. The van der Waals surface area contributed by atoms with Crippen molar-refractivity contribution >= 4 is 16.8 Å². The van der Waals surface area contributed by atoms with Crippen molar-refractivity contribution < 1.29 is 9.32 Å². The van der Waals surface area contributed by atoms with E-state index in [9.17, 15) is 4.79 Å². The number of carbonyl (C=O) groups excluding carboxylic acids is 1. The van der Waals surface area contributed by atoms with Crippen LogP contribution >= 0.6 is 0 Å². The van der Waals surface area contributed by atoms with Gasteiger partial charge in [0.15, 0.2) is 11.5 Å². The van der Waals surface area contributed by atoms with Crippen LogP contribution in [0.4, 0.5) is 0 Å². The minimum atomic E-state index is -0.152. The molecule has 130 valence electrons. The first-order valence-corrected chi connectivity index (χ1v) is 8.40. The third-order valence-corrected chi connectivity index (χ3v) is 4.38. The molecule has 4 rings (SSSR count). The lowest BCUT2D eigenvalue weighted by atomic mass is 10.1. The summed E-state index contributed by atoms with van der Waals surface area (Å²) in [6.45, 7) is 0.617. The quantitative estimate of drug-likeness (QED) is 0.600. The van der Waals surface area contributed by atoms with Crippen LogP contribution in [-0.2, 0) is 6.42 Å². The maximum atomic E-state index is 12.6. The summed E-state index contributed by atoms with van der Waals surface area (Å²) in [4.78, 5) is 14.2. The van der Waals surface area contributed by atoms with E-state index in [1.807, 2.05) is 36.4 Å². The van der Waals surface area contributed by atoms with Gasteiger partial charge in [-0.15, -0.1) is 0 Å². The van der Waals surface area contributed by atoms with E-state index in [2.05, 4.69) is 27.5 Å². The van der Waals surface area contributed by atoms with Gasteiger partial charge in [0.25, 0.3) is 5.91 Å². The number of amides is 1. The molecule has 0 saturated heterocycles. The van der Waals surface area contributed by atoms with Crippen LogP contribution in [0.25, 0.3) is 22.2 Å². The summed E-state index contributed by atoms with van der Waals surface area (Å²) in [5.74, 6) is 0.410. The standard InChI is InChI=1S/C20H18N4O2/c1-24(10-9-14-5-3-2-4-6-14)20(25)18-12-19(26-23-18)15-7-8-17-16(11-15)13-21-22-17/h2-8,11-13H,9-10H2,1H3,(H,21,22). The van der Waals surface area contributed by atoms with Gasteiger partial charge in [0.1, 0.15) is 0 Å². The average molecular weight is 346 g/mol. The second-order valence-electron chi connectivity index (χ2n) is 6.21. The molecule has 0 atom stereocenters. The predicted molar refractivity (Wildman–Crippen MR) is 98.7 cm³/mol. The second-order valence-corrected chi connectivity index (χ2v) is 6.21. The molecule has 26 heavy (non-hydrogen) atoms. The normalized spacial score (nSPS) is 11.0. The Bertz CT molecular complexity index is 1040. The monoisotopic (exact) mass is 346 g/mol. The molecule has 0 saturated carbocycles. The molecule has 0 aliphatic heterocycles. The van der Waals surface area contributed by atoms with E-state index in [0.29, 0.717) is 18.0 Å². The fourth-order valence-electron chi connectivity index (χ4n) is 2.85. The van der Waals surface area contributed by atoms with Gasteiger partial charge in [0, 0.05) is 30.6 Å². The minimum Gasteiger partial charge on any atom is -0.355 e. The number of aromatic nitrogens is 3. The number of aromatic amines is 1. The van der Waals surface area contributed by atoms with E-state index < -0.39 is 0 Å². The largest absolute Gasteiger partial charge is 0.355 e. The van der Waals surface area contributed by atoms with Gasteiger partial charge in [-0.2, -0.15) is 5.10 Å². The molecule has 6 nitrogen and oxygen atoms in total. The Labute approximate surface area is 150 Å². The summed E-state index contributed by atoms with van der Waals surface area (Å²) in [5, 5.41) is 11.8. The van der Waals surface area contributed by atoms with Crippen molar-refractivity contribution in [2.75, 3.05) is 13.6 Å². The molecule has 1 N–H and O–H groups in total. The highest BCUT2D eigenvalue weighted by Crippen LogP contribution is 2.24. The molecular formula is C20H18N4O2. The van der Waals surface area contributed by atoms with Crippen molar-refractivity contribution in [2.45, 2.75) is 6.42 Å². The third kappa shape index (κ3) is 3.21. The Morgan fingerprint density at radius 3 is 2.85 bits per heavy atom. The molecule has 0 unspecified atom stereocenters.